The van der Waals surface area contributed by atoms with Crippen molar-refractivity contribution in [1.29, 1.82) is 0 Å². The van der Waals surface area contributed by atoms with Crippen molar-refractivity contribution in [2.45, 2.75) is 40.0 Å². The van der Waals surface area contributed by atoms with Crippen LogP contribution in [0.5, 0.6) is 0 Å². The fraction of sp³-hybridized carbons (Fsp3) is 0.286. The van der Waals surface area contributed by atoms with Crippen molar-refractivity contribution in [3.63, 3.8) is 0 Å². The number of fused-ring (bicyclic) bond motifs is 1. The van der Waals surface area contributed by atoms with Crippen LogP contribution in [-0.4, -0.2) is 0 Å². The van der Waals surface area contributed by atoms with E-state index >= 15 is 0 Å². The van der Waals surface area contributed by atoms with Crippen LogP contribution in [0.1, 0.15) is 56.7 Å². The molecule has 32 heavy (non-hydrogen) atoms. The van der Waals surface area contributed by atoms with Gasteiger partial charge >= 0.3 is 33.5 Å². The Morgan fingerprint density at radius 2 is 1.59 bits per heavy atom. The van der Waals surface area contributed by atoms with E-state index < -0.39 is 0 Å². The number of hydrogen-bond acceptors (Lipinski definition) is 0. The van der Waals surface area contributed by atoms with Gasteiger partial charge in [-0.1, -0.05) is 105 Å². The van der Waals surface area contributed by atoms with Gasteiger partial charge in [0, 0.05) is 5.92 Å². The molecule has 1 nitrogen and oxygen atoms in total. The number of nitrogens with one attached hydrogen (secondary N) is 1. The molecular weight excluding hydrogens is 473 g/mol. The molecule has 0 bridgehead atoms. The van der Waals surface area contributed by atoms with E-state index in [1.165, 1.54) is 27.8 Å². The predicted octanol–water partition coefficient (Wildman–Crippen LogP) is 9.58. The van der Waals surface area contributed by atoms with E-state index in [2.05, 4.69) is 99.7 Å². The van der Waals surface area contributed by atoms with Crippen LogP contribution in [0, 0.1) is 11.3 Å². The van der Waals surface area contributed by atoms with Crippen LogP contribution in [0.4, 0.5) is 0 Å². The average Bonchev–Trinajstić information content (AvgIpc) is 3.23. The Kier molecular flexibility index (Phi) is 8.54. The van der Waals surface area contributed by atoms with Crippen LogP contribution in [0.2, 0.25) is 0 Å². The summed E-state index contributed by atoms with van der Waals surface area (Å²) in [4.78, 5) is 0. The summed E-state index contributed by atoms with van der Waals surface area (Å²) < 4.78 is 0. The van der Waals surface area contributed by atoms with Crippen molar-refractivity contribution >= 4 is 31.7 Å². The molecule has 0 aromatic heterocycles. The minimum absolute atomic E-state index is 0.0627. The Hall–Kier alpha value is -1.69. The van der Waals surface area contributed by atoms with Crippen LogP contribution in [0.25, 0.3) is 17.4 Å². The van der Waals surface area contributed by atoms with E-state index in [0.29, 0.717) is 5.92 Å². The third-order valence-electron chi connectivity index (χ3n) is 6.58. The van der Waals surface area contributed by atoms with Gasteiger partial charge in [-0.2, -0.15) is 5.70 Å². The number of hydrogen-bond donors (Lipinski definition) is 0. The van der Waals surface area contributed by atoms with Crippen LogP contribution in [-0.2, 0) is 13.4 Å². The second kappa shape index (κ2) is 11.0. The van der Waals surface area contributed by atoms with Gasteiger partial charge in [0.1, 0.15) is 0 Å². The molecule has 2 aliphatic rings. The standard InChI is InChI=1S/C28H30N.2ClH.Cr/c1-19-14-16-23(20(2)27(19)29)25(21-10-6-5-7-11-21)18-28(3,4)26-17-15-22-12-8-9-13-24(22)26;;;/h5-17,20,26,29H,18H2,1-4H3;2*1H;/q-1;;;+3/p-2. The molecule has 0 spiro atoms. The van der Waals surface area contributed by atoms with E-state index in [4.69, 9.17) is 25.8 Å². The molecule has 0 heterocycles. The monoisotopic (exact) mass is 502 g/mol. The fourth-order valence-corrected chi connectivity index (χ4v) is 4.81. The molecule has 1 N–H and O–H groups in total. The van der Waals surface area contributed by atoms with Gasteiger partial charge in [-0.25, -0.2) is 0 Å². The first-order chi connectivity index (χ1) is 15.3. The quantitative estimate of drug-likeness (QED) is 0.397. The van der Waals surface area contributed by atoms with Gasteiger partial charge in [0.05, 0.1) is 0 Å². The topological polar surface area (TPSA) is 23.8 Å². The second-order valence-electron chi connectivity index (χ2n) is 9.14. The van der Waals surface area contributed by atoms with Crippen molar-refractivity contribution in [1.82, 2.24) is 0 Å². The first-order valence-electron chi connectivity index (χ1n) is 10.9. The maximum absolute atomic E-state index is 8.55. The van der Waals surface area contributed by atoms with Crippen molar-refractivity contribution in [2.24, 2.45) is 11.3 Å². The molecule has 2 aliphatic carbocycles. The molecular formula is C28H30Cl2CrN. The molecule has 4 rings (SSSR count). The summed E-state index contributed by atoms with van der Waals surface area (Å²) in [7, 11) is 9.65. The number of rotatable bonds is 4. The molecule has 0 aliphatic heterocycles. The zero-order valence-corrected chi connectivity index (χ0v) is 21.8. The fourth-order valence-electron chi connectivity index (χ4n) is 4.81. The van der Waals surface area contributed by atoms with E-state index in [0.717, 1.165) is 17.7 Å². The maximum atomic E-state index is 8.55. The summed E-state index contributed by atoms with van der Waals surface area (Å²) >= 11 is -0.181. The number of allylic oxidation sites excluding steroid dienone is 6. The van der Waals surface area contributed by atoms with E-state index in [1.807, 2.05) is 6.92 Å². The van der Waals surface area contributed by atoms with Gasteiger partial charge < -0.3 is 5.73 Å². The van der Waals surface area contributed by atoms with Crippen LogP contribution in [0.3, 0.4) is 0 Å². The summed E-state index contributed by atoms with van der Waals surface area (Å²) in [6.45, 7) is 8.98. The zero-order chi connectivity index (χ0) is 23.3. The normalized spacial score (nSPS) is 21.1. The van der Waals surface area contributed by atoms with Crippen molar-refractivity contribution < 1.29 is 13.4 Å². The molecule has 0 saturated carbocycles. The minimum atomic E-state index is -0.181. The van der Waals surface area contributed by atoms with Crippen molar-refractivity contribution in [3.8, 4) is 0 Å². The SMILES string of the molecule is CC1=C([NH-])C(C)C(=C(CC(C)(C)C2C=Cc3ccccc32)c2ccccc2)C=C1.[Cl][Cr+][Cl]. The van der Waals surface area contributed by atoms with E-state index in [9.17, 15) is 0 Å². The first kappa shape index (κ1) is 24.9. The number of benzene rings is 2. The van der Waals surface area contributed by atoms with Crippen LogP contribution in [0.15, 0.2) is 89.7 Å². The van der Waals surface area contributed by atoms with Gasteiger partial charge in [-0.3, -0.25) is 0 Å². The summed E-state index contributed by atoms with van der Waals surface area (Å²) in [6.07, 6.45) is 9.97. The number of halogens is 2. The molecule has 0 saturated heterocycles. The molecule has 0 radical (unpaired) electrons. The predicted molar refractivity (Wildman–Crippen MR) is 137 cm³/mol. The van der Waals surface area contributed by atoms with Gasteiger partial charge in [-0.05, 0) is 52.5 Å². The summed E-state index contributed by atoms with van der Waals surface area (Å²) in [6, 6.07) is 19.5. The molecule has 4 heteroatoms. The van der Waals surface area contributed by atoms with Crippen LogP contribution < -0.4 is 0 Å². The zero-order valence-electron chi connectivity index (χ0n) is 19.0. The molecule has 167 valence electrons. The van der Waals surface area contributed by atoms with Gasteiger partial charge in [-0.15, -0.1) is 0 Å². The third-order valence-corrected chi connectivity index (χ3v) is 6.58. The average molecular weight is 503 g/mol. The summed E-state index contributed by atoms with van der Waals surface area (Å²) in [5.74, 6) is 0.519. The van der Waals surface area contributed by atoms with Crippen molar-refractivity contribution in [2.75, 3.05) is 0 Å². The van der Waals surface area contributed by atoms with E-state index in [1.54, 1.807) is 0 Å². The first-order valence-corrected chi connectivity index (χ1v) is 14.4. The van der Waals surface area contributed by atoms with E-state index in [-0.39, 0.29) is 24.7 Å². The van der Waals surface area contributed by atoms with Gasteiger partial charge in [0.15, 0.2) is 0 Å². The molecule has 2 aromatic rings. The van der Waals surface area contributed by atoms with Gasteiger partial charge in [0.2, 0.25) is 0 Å². The molecule has 2 unspecified atom stereocenters. The molecule has 2 atom stereocenters. The van der Waals surface area contributed by atoms with Crippen LogP contribution >= 0.6 is 20.1 Å². The van der Waals surface area contributed by atoms with Gasteiger partial charge in [0.25, 0.3) is 0 Å². The second-order valence-corrected chi connectivity index (χ2v) is 11.2. The summed E-state index contributed by atoms with van der Waals surface area (Å²) in [5.41, 5.74) is 17.1. The molecule has 2 aromatic carbocycles. The Bertz CT molecular complexity index is 1060. The summed E-state index contributed by atoms with van der Waals surface area (Å²) in [5, 5.41) is 0. The molecule has 0 amide bonds. The Morgan fingerprint density at radius 3 is 2.28 bits per heavy atom. The Morgan fingerprint density at radius 1 is 0.969 bits per heavy atom. The molecule has 0 fully saturated rings. The van der Waals surface area contributed by atoms with Crippen molar-refractivity contribution in [3.05, 3.63) is 112 Å². The third kappa shape index (κ3) is 5.44. The Labute approximate surface area is 207 Å². The Balaban J connectivity index is 0.000000913.